The molecule has 1 aromatic rings. The third-order valence-electron chi connectivity index (χ3n) is 3.54. The van der Waals surface area contributed by atoms with Crippen molar-refractivity contribution < 1.29 is 9.90 Å². The molecule has 98 valence electrons. The highest BCUT2D eigenvalue weighted by Gasteiger charge is 2.20. The van der Waals surface area contributed by atoms with E-state index in [1.54, 1.807) is 6.07 Å². The summed E-state index contributed by atoms with van der Waals surface area (Å²) in [5.74, 6) is -0.0131. The quantitative estimate of drug-likeness (QED) is 0.835. The van der Waals surface area contributed by atoms with Crippen LogP contribution < -0.4 is 5.73 Å². The van der Waals surface area contributed by atoms with Crippen molar-refractivity contribution in [3.05, 3.63) is 35.4 Å². The number of benzene rings is 1. The molecule has 1 unspecified atom stereocenters. The molecule has 3 N–H and O–H groups in total. The van der Waals surface area contributed by atoms with Gasteiger partial charge in [0, 0.05) is 25.3 Å². The molecule has 1 fully saturated rings. The number of piperidine rings is 1. The van der Waals surface area contributed by atoms with E-state index in [-0.39, 0.29) is 12.5 Å². The van der Waals surface area contributed by atoms with Gasteiger partial charge < -0.3 is 10.8 Å². The van der Waals surface area contributed by atoms with Crippen molar-refractivity contribution in [2.24, 2.45) is 11.7 Å². The van der Waals surface area contributed by atoms with E-state index in [9.17, 15) is 9.90 Å². The molecule has 1 heterocycles. The number of aliphatic hydroxyl groups excluding tert-OH is 1. The van der Waals surface area contributed by atoms with Crippen LogP contribution in [0.1, 0.15) is 28.8 Å². The Morgan fingerprint density at radius 3 is 2.94 bits per heavy atom. The molecule has 1 amide bonds. The zero-order valence-corrected chi connectivity index (χ0v) is 10.5. The van der Waals surface area contributed by atoms with Gasteiger partial charge in [0.05, 0.1) is 0 Å². The fraction of sp³-hybridized carbons (Fsp3) is 0.500. The lowest BCUT2D eigenvalue weighted by Crippen LogP contribution is -2.36. The van der Waals surface area contributed by atoms with Crippen molar-refractivity contribution in [2.45, 2.75) is 19.4 Å². The fourth-order valence-corrected chi connectivity index (χ4v) is 2.58. The van der Waals surface area contributed by atoms with Crippen LogP contribution >= 0.6 is 0 Å². The van der Waals surface area contributed by atoms with Gasteiger partial charge in [-0.05, 0) is 36.9 Å². The maximum Gasteiger partial charge on any atom is 0.249 e. The van der Waals surface area contributed by atoms with Gasteiger partial charge in [0.15, 0.2) is 0 Å². The molecule has 0 bridgehead atoms. The minimum absolute atomic E-state index is 0.244. The average Bonchev–Trinajstić information content (AvgIpc) is 2.39. The number of carbonyl (C=O) groups excluding carboxylic acids is 1. The van der Waals surface area contributed by atoms with Crippen LogP contribution in [0.25, 0.3) is 0 Å². The second kappa shape index (κ2) is 5.98. The summed E-state index contributed by atoms with van der Waals surface area (Å²) < 4.78 is 0. The van der Waals surface area contributed by atoms with Gasteiger partial charge in [-0.15, -0.1) is 0 Å². The monoisotopic (exact) mass is 248 g/mol. The van der Waals surface area contributed by atoms with Crippen LogP contribution in [0.15, 0.2) is 24.3 Å². The van der Waals surface area contributed by atoms with Crippen molar-refractivity contribution in [3.8, 4) is 0 Å². The normalized spacial score (nSPS) is 20.8. The molecule has 1 aliphatic rings. The van der Waals surface area contributed by atoms with Crippen molar-refractivity contribution in [1.29, 1.82) is 0 Å². The first-order valence-corrected chi connectivity index (χ1v) is 6.41. The summed E-state index contributed by atoms with van der Waals surface area (Å²) in [5, 5.41) is 9.22. The van der Waals surface area contributed by atoms with Gasteiger partial charge in [-0.3, -0.25) is 9.69 Å². The van der Waals surface area contributed by atoms with Crippen LogP contribution in [-0.2, 0) is 6.54 Å². The van der Waals surface area contributed by atoms with Gasteiger partial charge in [0.2, 0.25) is 5.91 Å². The zero-order valence-electron chi connectivity index (χ0n) is 10.5. The molecule has 1 atom stereocenters. The highest BCUT2D eigenvalue weighted by Crippen LogP contribution is 2.19. The van der Waals surface area contributed by atoms with E-state index in [0.717, 1.165) is 38.0 Å². The van der Waals surface area contributed by atoms with Gasteiger partial charge >= 0.3 is 0 Å². The number of carbonyl (C=O) groups is 1. The molecule has 1 saturated heterocycles. The second-order valence-corrected chi connectivity index (χ2v) is 4.95. The number of primary amides is 1. The molecular weight excluding hydrogens is 228 g/mol. The zero-order chi connectivity index (χ0) is 13.0. The molecular formula is C14H20N2O2. The van der Waals surface area contributed by atoms with Gasteiger partial charge in [-0.2, -0.15) is 0 Å². The highest BCUT2D eigenvalue weighted by atomic mass is 16.3. The summed E-state index contributed by atoms with van der Waals surface area (Å²) in [4.78, 5) is 13.6. The standard InChI is InChI=1S/C14H20N2O2/c15-14(18)13-6-2-1-5-12(13)9-16-7-3-4-11(8-16)10-17/h1-2,5-6,11,17H,3-4,7-10H2,(H2,15,18). The lowest BCUT2D eigenvalue weighted by atomic mass is 9.98. The van der Waals surface area contributed by atoms with E-state index in [4.69, 9.17) is 5.73 Å². The summed E-state index contributed by atoms with van der Waals surface area (Å²) in [5.41, 5.74) is 6.95. The van der Waals surface area contributed by atoms with E-state index in [2.05, 4.69) is 4.90 Å². The van der Waals surface area contributed by atoms with Crippen molar-refractivity contribution in [3.63, 3.8) is 0 Å². The highest BCUT2D eigenvalue weighted by molar-refractivity contribution is 5.94. The van der Waals surface area contributed by atoms with Gasteiger partial charge in [0.1, 0.15) is 0 Å². The van der Waals surface area contributed by atoms with E-state index < -0.39 is 0 Å². The van der Waals surface area contributed by atoms with Crippen LogP contribution in [0, 0.1) is 5.92 Å². The molecule has 1 aromatic carbocycles. The minimum atomic E-state index is -0.374. The van der Waals surface area contributed by atoms with Crippen molar-refractivity contribution in [1.82, 2.24) is 4.90 Å². The summed E-state index contributed by atoms with van der Waals surface area (Å²) in [6.45, 7) is 2.89. The molecule has 1 aliphatic heterocycles. The lowest BCUT2D eigenvalue weighted by molar-refractivity contribution is 0.0992. The number of aliphatic hydroxyl groups is 1. The largest absolute Gasteiger partial charge is 0.396 e. The number of nitrogens with zero attached hydrogens (tertiary/aromatic N) is 1. The number of hydrogen-bond acceptors (Lipinski definition) is 3. The molecule has 0 radical (unpaired) electrons. The Hall–Kier alpha value is -1.39. The Morgan fingerprint density at radius 1 is 1.44 bits per heavy atom. The van der Waals surface area contributed by atoms with Gasteiger partial charge in [0.25, 0.3) is 0 Å². The molecule has 0 aliphatic carbocycles. The first kappa shape index (κ1) is 13.1. The third-order valence-corrected chi connectivity index (χ3v) is 3.54. The maximum absolute atomic E-state index is 11.3. The Kier molecular flexibility index (Phi) is 4.33. The molecule has 0 saturated carbocycles. The summed E-state index contributed by atoms with van der Waals surface area (Å²) >= 11 is 0. The number of hydrogen-bond donors (Lipinski definition) is 2. The summed E-state index contributed by atoms with van der Waals surface area (Å²) in [6, 6.07) is 7.47. The number of rotatable bonds is 4. The predicted octanol–water partition coefficient (Wildman–Crippen LogP) is 0.990. The first-order valence-electron chi connectivity index (χ1n) is 6.41. The topological polar surface area (TPSA) is 66.6 Å². The molecule has 2 rings (SSSR count). The van der Waals surface area contributed by atoms with Crippen LogP contribution in [0.4, 0.5) is 0 Å². The molecule has 4 nitrogen and oxygen atoms in total. The predicted molar refractivity (Wildman–Crippen MR) is 70.0 cm³/mol. The van der Waals surface area contributed by atoms with Crippen LogP contribution in [0.3, 0.4) is 0 Å². The van der Waals surface area contributed by atoms with E-state index in [1.807, 2.05) is 18.2 Å². The van der Waals surface area contributed by atoms with E-state index in [1.165, 1.54) is 0 Å². The van der Waals surface area contributed by atoms with Crippen LogP contribution in [0.2, 0.25) is 0 Å². The first-order chi connectivity index (χ1) is 8.70. The van der Waals surface area contributed by atoms with Crippen molar-refractivity contribution in [2.75, 3.05) is 19.7 Å². The lowest BCUT2D eigenvalue weighted by Gasteiger charge is -2.32. The summed E-state index contributed by atoms with van der Waals surface area (Å²) in [7, 11) is 0. The van der Waals surface area contributed by atoms with Crippen molar-refractivity contribution >= 4 is 5.91 Å². The molecule has 0 aromatic heterocycles. The Bertz CT molecular complexity index is 420. The average molecular weight is 248 g/mol. The van der Waals surface area contributed by atoms with Crippen LogP contribution in [0.5, 0.6) is 0 Å². The Labute approximate surface area is 107 Å². The van der Waals surface area contributed by atoms with Crippen LogP contribution in [-0.4, -0.2) is 35.6 Å². The smallest absolute Gasteiger partial charge is 0.249 e. The van der Waals surface area contributed by atoms with E-state index >= 15 is 0 Å². The fourth-order valence-electron chi connectivity index (χ4n) is 2.58. The van der Waals surface area contributed by atoms with Gasteiger partial charge in [-0.25, -0.2) is 0 Å². The minimum Gasteiger partial charge on any atom is -0.396 e. The maximum atomic E-state index is 11.3. The number of nitrogens with two attached hydrogens (primary N) is 1. The number of amides is 1. The summed E-state index contributed by atoms with van der Waals surface area (Å²) in [6.07, 6.45) is 2.19. The number of likely N-dealkylation sites (tertiary alicyclic amines) is 1. The molecule has 4 heteroatoms. The second-order valence-electron chi connectivity index (χ2n) is 4.95. The SMILES string of the molecule is NC(=O)c1ccccc1CN1CCCC(CO)C1. The Balaban J connectivity index is 2.07. The third kappa shape index (κ3) is 3.09. The van der Waals surface area contributed by atoms with Gasteiger partial charge in [-0.1, -0.05) is 18.2 Å². The molecule has 0 spiro atoms. The van der Waals surface area contributed by atoms with E-state index in [0.29, 0.717) is 11.5 Å². The Morgan fingerprint density at radius 2 is 2.22 bits per heavy atom. The molecule has 18 heavy (non-hydrogen) atoms.